The van der Waals surface area contributed by atoms with Crippen LogP contribution in [0.25, 0.3) is 90.9 Å². The summed E-state index contributed by atoms with van der Waals surface area (Å²) in [5, 5.41) is 0. The van der Waals surface area contributed by atoms with Gasteiger partial charge >= 0.3 is 17.1 Å². The molecule has 375 valence electrons. The van der Waals surface area contributed by atoms with Crippen molar-refractivity contribution in [2.24, 2.45) is 0 Å². The Kier molecular flexibility index (Phi) is 15.9. The van der Waals surface area contributed by atoms with Gasteiger partial charge in [-0.2, -0.15) is 0 Å². The number of benzene rings is 4. The van der Waals surface area contributed by atoms with Crippen LogP contribution in [0.3, 0.4) is 0 Å². The SMILES string of the molecule is COc1cc(OC)c(-c2c3nc(c(-c4c(OC)cc(OC)cc4OC)c4ccc([n-]4)c(-c4c(OC)cc(OC)cc4OC)c4nc(c(-c5ccc([N+](C)(C)C)cc5)c5ccc2[n-]5)C=C4)C=C3)c(OC)c1.[Cu+2].[I-]. The number of fused-ring (bicyclic) bond motifs is 8. The van der Waals surface area contributed by atoms with E-state index in [0.717, 1.165) is 16.8 Å². The van der Waals surface area contributed by atoms with E-state index in [1.54, 1.807) is 64.0 Å². The zero-order chi connectivity index (χ0) is 49.4. The first kappa shape index (κ1) is 52.7. The summed E-state index contributed by atoms with van der Waals surface area (Å²) in [6.45, 7) is 0. The molecule has 16 heteroatoms. The van der Waals surface area contributed by atoms with E-state index < -0.39 is 0 Å². The van der Waals surface area contributed by atoms with Crippen molar-refractivity contribution in [3.05, 3.63) is 108 Å². The fourth-order valence-corrected chi connectivity index (χ4v) is 8.98. The zero-order valence-electron chi connectivity index (χ0n) is 42.0. The first-order chi connectivity index (χ1) is 33.9. The zero-order valence-corrected chi connectivity index (χ0v) is 45.1. The molecule has 0 spiro atoms. The van der Waals surface area contributed by atoms with Crippen molar-refractivity contribution in [3.8, 4) is 96.3 Å². The van der Waals surface area contributed by atoms with Gasteiger partial charge in [-0.05, 0) is 59.7 Å². The molecule has 5 heterocycles. The van der Waals surface area contributed by atoms with Crippen LogP contribution >= 0.6 is 0 Å². The molecule has 2 aliphatic rings. The van der Waals surface area contributed by atoms with Gasteiger partial charge in [0.25, 0.3) is 0 Å². The van der Waals surface area contributed by atoms with Crippen LogP contribution in [-0.2, 0) is 17.1 Å². The van der Waals surface area contributed by atoms with Gasteiger partial charge in [0, 0.05) is 53.1 Å². The maximum atomic E-state index is 6.11. The van der Waals surface area contributed by atoms with E-state index in [1.807, 2.05) is 85.0 Å². The van der Waals surface area contributed by atoms with Crippen molar-refractivity contribution in [2.75, 3.05) is 85.1 Å². The third-order valence-electron chi connectivity index (χ3n) is 12.4. The number of aromatic nitrogens is 4. The standard InChI is InChI=1S/C56H54N5O9.Cu.HI/c1-61(2,3)32-15-13-31(14-16-32)50-36-17-19-38(57-36)51(54-44(65-7)25-33(62-4)26-45(54)66-8)40-21-23-42(59-40)53(56-48(69-11)29-35(64-6)30-49(56)70-12)43-24-22-41(60-43)52(39-20-18-37(50)58-39)55-46(67-9)27-34(63-5)28-47(55)68-10;;/h13-30H,1-12H3;;1H/q-1;+2;/p-1. The maximum Gasteiger partial charge on any atom is 2.00 e. The predicted molar refractivity (Wildman–Crippen MR) is 277 cm³/mol. The Morgan fingerprint density at radius 2 is 0.611 bits per heavy atom. The minimum Gasteiger partial charge on any atom is -1.00 e. The molecule has 0 N–H and O–H groups in total. The van der Waals surface area contributed by atoms with Crippen LogP contribution in [0.15, 0.2) is 84.9 Å². The summed E-state index contributed by atoms with van der Waals surface area (Å²) in [7, 11) is 20.9. The van der Waals surface area contributed by atoms with Gasteiger partial charge in [-0.1, -0.05) is 24.3 Å². The van der Waals surface area contributed by atoms with E-state index in [1.165, 1.54) is 0 Å². The molecule has 0 saturated carbocycles. The van der Waals surface area contributed by atoms with Gasteiger partial charge in [-0.25, -0.2) is 9.97 Å². The molecule has 0 atom stereocenters. The molecule has 1 radical (unpaired) electrons. The molecule has 8 bridgehead atoms. The molecule has 9 rings (SSSR count). The van der Waals surface area contributed by atoms with Crippen molar-refractivity contribution < 1.29 is 83.7 Å². The molecule has 0 fully saturated rings. The van der Waals surface area contributed by atoms with Gasteiger partial charge in [0.2, 0.25) is 0 Å². The minimum absolute atomic E-state index is 0. The van der Waals surface area contributed by atoms with E-state index in [-0.39, 0.29) is 41.0 Å². The summed E-state index contributed by atoms with van der Waals surface area (Å²) in [5.41, 5.74) is 11.4. The van der Waals surface area contributed by atoms with Gasteiger partial charge in [0.05, 0.1) is 125 Å². The maximum absolute atomic E-state index is 6.11. The molecule has 0 aliphatic carbocycles. The Morgan fingerprint density at radius 1 is 0.347 bits per heavy atom. The fourth-order valence-electron chi connectivity index (χ4n) is 8.98. The first-order valence-electron chi connectivity index (χ1n) is 22.3. The molecular formula is C56H54CuIN5O9. The molecule has 3 aromatic heterocycles. The smallest absolute Gasteiger partial charge is 1.00 e. The third kappa shape index (κ3) is 9.54. The first-order valence-corrected chi connectivity index (χ1v) is 22.3. The number of halogens is 1. The predicted octanol–water partition coefficient (Wildman–Crippen LogP) is 7.86. The van der Waals surface area contributed by atoms with Crippen LogP contribution in [0.2, 0.25) is 0 Å². The normalized spacial score (nSPS) is 11.6. The van der Waals surface area contributed by atoms with Gasteiger partial charge in [0.15, 0.2) is 0 Å². The number of rotatable bonds is 14. The largest absolute Gasteiger partial charge is 2.00 e. The summed E-state index contributed by atoms with van der Waals surface area (Å²) in [5.74, 6) is 4.58. The number of nitrogens with zero attached hydrogens (tertiary/aromatic N) is 5. The molecular weight excluding hydrogens is 1080 g/mol. The van der Waals surface area contributed by atoms with Gasteiger partial charge in [-0.15, -0.1) is 22.1 Å². The number of quaternary nitrogens is 1. The summed E-state index contributed by atoms with van der Waals surface area (Å²) in [4.78, 5) is 21.9. The molecule has 0 unspecified atom stereocenters. The van der Waals surface area contributed by atoms with Crippen molar-refractivity contribution >= 4 is 52.1 Å². The Morgan fingerprint density at radius 3 is 0.861 bits per heavy atom. The van der Waals surface area contributed by atoms with E-state index in [4.69, 9.17) is 62.6 Å². The summed E-state index contributed by atoms with van der Waals surface area (Å²) in [6.07, 6.45) is 7.90. The number of methoxy groups -OCH3 is 9. The fraction of sp³-hybridized carbons (Fsp3) is 0.214. The Bertz CT molecular complexity index is 3280. The monoisotopic (exact) mass is 1130 g/mol. The molecule has 2 aliphatic heterocycles. The average Bonchev–Trinajstić information content (AvgIpc) is 4.24. The minimum atomic E-state index is 0. The Hall–Kier alpha value is -7.11. The van der Waals surface area contributed by atoms with E-state index in [2.05, 4.69) is 45.4 Å². The van der Waals surface area contributed by atoms with Crippen LogP contribution in [0.1, 0.15) is 22.8 Å². The Balaban J connectivity index is 0.00000380. The number of hydrogen-bond donors (Lipinski definition) is 0. The van der Waals surface area contributed by atoms with Crippen molar-refractivity contribution in [1.29, 1.82) is 0 Å². The number of ether oxygens (including phenoxy) is 9. The van der Waals surface area contributed by atoms with E-state index in [0.29, 0.717) is 134 Å². The van der Waals surface area contributed by atoms with E-state index in [9.17, 15) is 0 Å². The topological polar surface area (TPSA) is 137 Å². The van der Waals surface area contributed by atoms with Crippen LogP contribution in [0.5, 0.6) is 51.7 Å². The second kappa shape index (κ2) is 21.7. The summed E-state index contributed by atoms with van der Waals surface area (Å²) < 4.78 is 54.4. The number of hydrogen-bond acceptors (Lipinski definition) is 11. The van der Waals surface area contributed by atoms with Crippen LogP contribution in [0.4, 0.5) is 5.69 Å². The van der Waals surface area contributed by atoms with Gasteiger partial charge < -0.3 is 76.6 Å². The second-order valence-corrected chi connectivity index (χ2v) is 17.1. The molecule has 0 saturated heterocycles. The van der Waals surface area contributed by atoms with E-state index >= 15 is 0 Å². The molecule has 4 aromatic carbocycles. The molecule has 0 amide bonds. The van der Waals surface area contributed by atoms with Gasteiger partial charge in [0.1, 0.15) is 57.4 Å². The molecule has 72 heavy (non-hydrogen) atoms. The van der Waals surface area contributed by atoms with Gasteiger partial charge in [-0.3, -0.25) is 4.48 Å². The molecule has 7 aromatic rings. The quantitative estimate of drug-likeness (QED) is 0.0595. The van der Waals surface area contributed by atoms with Crippen LogP contribution < -0.4 is 81.1 Å². The van der Waals surface area contributed by atoms with Crippen LogP contribution in [0, 0.1) is 0 Å². The second-order valence-electron chi connectivity index (χ2n) is 17.1. The Labute approximate surface area is 446 Å². The summed E-state index contributed by atoms with van der Waals surface area (Å²) >= 11 is 0. The summed E-state index contributed by atoms with van der Waals surface area (Å²) in [6, 6.07) is 27.3. The van der Waals surface area contributed by atoms with Crippen molar-refractivity contribution in [2.45, 2.75) is 0 Å². The average molecular weight is 1130 g/mol. The van der Waals surface area contributed by atoms with Crippen molar-refractivity contribution in [3.63, 3.8) is 0 Å². The van der Waals surface area contributed by atoms with Crippen LogP contribution in [-0.4, -0.2) is 95.1 Å². The van der Waals surface area contributed by atoms with Crippen molar-refractivity contribution in [1.82, 2.24) is 24.4 Å². The third-order valence-corrected chi connectivity index (χ3v) is 12.4. The molecule has 14 nitrogen and oxygen atoms in total.